The third-order valence-corrected chi connectivity index (χ3v) is 4.02. The Kier molecular flexibility index (Phi) is 3.04. The molecule has 3 aromatic carbocycles. The lowest BCUT2D eigenvalue weighted by atomic mass is 10.0. The van der Waals surface area contributed by atoms with Crippen molar-refractivity contribution in [1.29, 1.82) is 0 Å². The standard InChI is InChI=1S/C19H15NO2/c21-19-13-22-18-11-4-3-10-17(18)20(19)12-15-8-5-7-14-6-1-2-9-16(14)15/h1-11H,12-13H2. The first kappa shape index (κ1) is 12.9. The number of carbonyl (C=O) groups excluding carboxylic acids is 1. The van der Waals surface area contributed by atoms with Crippen molar-refractivity contribution < 1.29 is 9.53 Å². The lowest BCUT2D eigenvalue weighted by molar-refractivity contribution is -0.121. The van der Waals surface area contributed by atoms with Gasteiger partial charge in [-0.2, -0.15) is 0 Å². The molecule has 3 nitrogen and oxygen atoms in total. The van der Waals surface area contributed by atoms with Crippen LogP contribution in [0.5, 0.6) is 5.75 Å². The van der Waals surface area contributed by atoms with E-state index in [4.69, 9.17) is 4.74 Å². The van der Waals surface area contributed by atoms with E-state index in [1.54, 1.807) is 4.90 Å². The molecule has 0 aliphatic carbocycles. The van der Waals surface area contributed by atoms with E-state index >= 15 is 0 Å². The van der Waals surface area contributed by atoms with Crippen molar-refractivity contribution in [3.63, 3.8) is 0 Å². The summed E-state index contributed by atoms with van der Waals surface area (Å²) in [7, 11) is 0. The molecule has 0 atom stereocenters. The second kappa shape index (κ2) is 5.19. The van der Waals surface area contributed by atoms with Crippen molar-refractivity contribution >= 4 is 22.4 Å². The fraction of sp³-hybridized carbons (Fsp3) is 0.105. The summed E-state index contributed by atoms with van der Waals surface area (Å²) in [6.45, 7) is 0.655. The zero-order chi connectivity index (χ0) is 14.9. The lowest BCUT2D eigenvalue weighted by Crippen LogP contribution is -2.38. The van der Waals surface area contributed by atoms with E-state index < -0.39 is 0 Å². The van der Waals surface area contributed by atoms with Crippen molar-refractivity contribution in [3.8, 4) is 5.75 Å². The van der Waals surface area contributed by atoms with Crippen LogP contribution in [0.3, 0.4) is 0 Å². The maximum Gasteiger partial charge on any atom is 0.265 e. The monoisotopic (exact) mass is 289 g/mol. The quantitative estimate of drug-likeness (QED) is 0.719. The Bertz CT molecular complexity index is 851. The highest BCUT2D eigenvalue weighted by molar-refractivity contribution is 5.98. The summed E-state index contributed by atoms with van der Waals surface area (Å²) in [5.41, 5.74) is 1.98. The summed E-state index contributed by atoms with van der Waals surface area (Å²) in [5, 5.41) is 2.37. The SMILES string of the molecule is O=C1COc2ccccc2N1Cc1cccc2ccccc12. The third kappa shape index (κ3) is 2.11. The molecule has 0 unspecified atom stereocenters. The van der Waals surface area contributed by atoms with E-state index in [2.05, 4.69) is 24.3 Å². The number of para-hydroxylation sites is 2. The Balaban J connectivity index is 1.78. The van der Waals surface area contributed by atoms with Crippen molar-refractivity contribution in [2.45, 2.75) is 6.54 Å². The van der Waals surface area contributed by atoms with E-state index in [9.17, 15) is 4.79 Å². The summed E-state index contributed by atoms with van der Waals surface area (Å²) in [6, 6.07) is 22.1. The zero-order valence-corrected chi connectivity index (χ0v) is 12.0. The van der Waals surface area contributed by atoms with E-state index in [0.717, 1.165) is 17.0 Å². The summed E-state index contributed by atoms with van der Waals surface area (Å²) in [4.78, 5) is 14.1. The molecule has 0 aromatic heterocycles. The van der Waals surface area contributed by atoms with Crippen molar-refractivity contribution in [1.82, 2.24) is 0 Å². The van der Waals surface area contributed by atoms with E-state index in [-0.39, 0.29) is 12.5 Å². The molecule has 0 saturated heterocycles. The van der Waals surface area contributed by atoms with Gasteiger partial charge in [-0.1, -0.05) is 54.6 Å². The summed E-state index contributed by atoms with van der Waals surface area (Å²) < 4.78 is 5.50. The van der Waals surface area contributed by atoms with Crippen LogP contribution in [0.2, 0.25) is 0 Å². The number of amides is 1. The first-order chi connectivity index (χ1) is 10.8. The Hall–Kier alpha value is -2.81. The molecule has 1 heterocycles. The second-order valence-electron chi connectivity index (χ2n) is 5.37. The van der Waals surface area contributed by atoms with Gasteiger partial charge in [0.15, 0.2) is 6.61 Å². The molecule has 22 heavy (non-hydrogen) atoms. The Labute approximate surface area is 128 Å². The van der Waals surface area contributed by atoms with Gasteiger partial charge in [-0.25, -0.2) is 0 Å². The molecule has 3 aromatic rings. The smallest absolute Gasteiger partial charge is 0.265 e. The number of hydrogen-bond donors (Lipinski definition) is 0. The fourth-order valence-corrected chi connectivity index (χ4v) is 2.93. The van der Waals surface area contributed by atoms with Crippen LogP contribution in [0.4, 0.5) is 5.69 Å². The highest BCUT2D eigenvalue weighted by Gasteiger charge is 2.25. The molecule has 0 fully saturated rings. The highest BCUT2D eigenvalue weighted by atomic mass is 16.5. The molecule has 0 N–H and O–H groups in total. The van der Waals surface area contributed by atoms with Gasteiger partial charge in [-0.3, -0.25) is 4.79 Å². The topological polar surface area (TPSA) is 29.5 Å². The van der Waals surface area contributed by atoms with E-state index in [1.165, 1.54) is 10.8 Å². The number of hydrogen-bond acceptors (Lipinski definition) is 2. The summed E-state index contributed by atoms with van der Waals surface area (Å²) in [5.74, 6) is 0.758. The number of carbonyl (C=O) groups is 1. The van der Waals surface area contributed by atoms with Crippen molar-refractivity contribution in [2.75, 3.05) is 11.5 Å². The summed E-state index contributed by atoms with van der Waals surface area (Å²) >= 11 is 0. The predicted octanol–water partition coefficient (Wildman–Crippen LogP) is 3.77. The molecule has 1 amide bonds. The highest BCUT2D eigenvalue weighted by Crippen LogP contribution is 2.33. The largest absolute Gasteiger partial charge is 0.482 e. The van der Waals surface area contributed by atoms with Crippen LogP contribution in [0.25, 0.3) is 10.8 Å². The molecule has 0 bridgehead atoms. The van der Waals surface area contributed by atoms with Gasteiger partial charge >= 0.3 is 0 Å². The number of nitrogens with zero attached hydrogens (tertiary/aromatic N) is 1. The van der Waals surface area contributed by atoms with Crippen LogP contribution < -0.4 is 9.64 Å². The molecule has 0 radical (unpaired) electrons. The number of anilines is 1. The second-order valence-corrected chi connectivity index (χ2v) is 5.37. The van der Waals surface area contributed by atoms with Gasteiger partial charge in [0.1, 0.15) is 5.75 Å². The molecule has 0 saturated carbocycles. The molecule has 4 rings (SSSR count). The maximum absolute atomic E-state index is 12.3. The molecule has 0 spiro atoms. The predicted molar refractivity (Wildman–Crippen MR) is 87.1 cm³/mol. The van der Waals surface area contributed by atoms with Gasteiger partial charge in [-0.15, -0.1) is 0 Å². The first-order valence-corrected chi connectivity index (χ1v) is 7.32. The Morgan fingerprint density at radius 2 is 1.68 bits per heavy atom. The first-order valence-electron chi connectivity index (χ1n) is 7.32. The Morgan fingerprint density at radius 1 is 0.909 bits per heavy atom. The number of fused-ring (bicyclic) bond motifs is 2. The maximum atomic E-state index is 12.3. The van der Waals surface area contributed by atoms with Gasteiger partial charge < -0.3 is 9.64 Å². The molecule has 1 aliphatic heterocycles. The van der Waals surface area contributed by atoms with Crippen molar-refractivity contribution in [3.05, 3.63) is 72.3 Å². The van der Waals surface area contributed by atoms with Crippen LogP contribution >= 0.6 is 0 Å². The molecule has 108 valence electrons. The third-order valence-electron chi connectivity index (χ3n) is 4.02. The number of rotatable bonds is 2. The summed E-state index contributed by atoms with van der Waals surface area (Å²) in [6.07, 6.45) is 0. The number of benzene rings is 3. The van der Waals surface area contributed by atoms with Crippen LogP contribution in [0.15, 0.2) is 66.7 Å². The Morgan fingerprint density at radius 3 is 2.64 bits per heavy atom. The average Bonchev–Trinajstić information content (AvgIpc) is 2.58. The minimum absolute atomic E-state index is 0.00775. The average molecular weight is 289 g/mol. The fourth-order valence-electron chi connectivity index (χ4n) is 2.93. The zero-order valence-electron chi connectivity index (χ0n) is 12.0. The van der Waals surface area contributed by atoms with Gasteiger partial charge in [-0.05, 0) is 28.5 Å². The molecule has 1 aliphatic rings. The molecular formula is C19H15NO2. The van der Waals surface area contributed by atoms with Gasteiger partial charge in [0.05, 0.1) is 12.2 Å². The normalized spacial score (nSPS) is 13.8. The van der Waals surface area contributed by atoms with Crippen LogP contribution in [0, 0.1) is 0 Å². The van der Waals surface area contributed by atoms with Crippen molar-refractivity contribution in [2.24, 2.45) is 0 Å². The molecule has 3 heteroatoms. The minimum atomic E-state index is -0.00775. The van der Waals surface area contributed by atoms with Gasteiger partial charge in [0.25, 0.3) is 5.91 Å². The number of ether oxygens (including phenoxy) is 1. The van der Waals surface area contributed by atoms with E-state index in [1.807, 2.05) is 42.5 Å². The minimum Gasteiger partial charge on any atom is -0.482 e. The lowest BCUT2D eigenvalue weighted by Gasteiger charge is -2.29. The van der Waals surface area contributed by atoms with Gasteiger partial charge in [0, 0.05) is 0 Å². The molecular weight excluding hydrogens is 274 g/mol. The van der Waals surface area contributed by atoms with Gasteiger partial charge in [0.2, 0.25) is 0 Å². The van der Waals surface area contributed by atoms with Crippen LogP contribution in [0.1, 0.15) is 5.56 Å². The van der Waals surface area contributed by atoms with Crippen LogP contribution in [-0.2, 0) is 11.3 Å². The van der Waals surface area contributed by atoms with E-state index in [0.29, 0.717) is 6.54 Å². The van der Waals surface area contributed by atoms with Crippen LogP contribution in [-0.4, -0.2) is 12.5 Å².